The van der Waals surface area contributed by atoms with Crippen LogP contribution in [0.2, 0.25) is 54.4 Å². The van der Waals surface area contributed by atoms with Crippen LogP contribution < -0.4 is 0 Å². The van der Waals surface area contributed by atoms with Crippen molar-refractivity contribution < 1.29 is 61.1 Å². The maximum absolute atomic E-state index is 14.8. The highest BCUT2D eigenvalue weighted by Gasteiger charge is 2.69. The number of fused-ring (bicyclic) bond motifs is 1. The second kappa shape index (κ2) is 25.1. The van der Waals surface area contributed by atoms with Gasteiger partial charge in [-0.1, -0.05) is 98.3 Å². The van der Waals surface area contributed by atoms with Crippen LogP contribution in [-0.2, 0) is 56.0 Å². The van der Waals surface area contributed by atoms with Gasteiger partial charge in [-0.15, -0.1) is 0 Å². The first kappa shape index (κ1) is 62.4. The maximum atomic E-state index is 14.8. The van der Waals surface area contributed by atoms with E-state index < -0.39 is 49.1 Å². The number of aliphatic hydroxyl groups excluding tert-OH is 1. The van der Waals surface area contributed by atoms with Crippen LogP contribution in [-0.4, -0.2) is 154 Å². The minimum Gasteiger partial charge on any atom is -0.417 e. The molecular weight excluding hydrogens is 1070 g/mol. The van der Waals surface area contributed by atoms with Crippen LogP contribution in [0.5, 0.6) is 0 Å². The lowest BCUT2D eigenvalue weighted by Gasteiger charge is -2.47. The van der Waals surface area contributed by atoms with Gasteiger partial charge in [0.25, 0.3) is 0 Å². The normalized spacial score (nSPS) is 36.9. The summed E-state index contributed by atoms with van der Waals surface area (Å²) in [6.07, 6.45) is 3.86. The smallest absolute Gasteiger partial charge is 0.192 e. The fourth-order valence-electron chi connectivity index (χ4n) is 12.9. The maximum Gasteiger partial charge on any atom is 0.192 e. The number of methoxy groups -OCH3 is 1. The minimum absolute atomic E-state index is 0.00816. The van der Waals surface area contributed by atoms with Crippen molar-refractivity contribution in [1.29, 1.82) is 0 Å². The molecule has 0 saturated carbocycles. The number of halogens is 1. The summed E-state index contributed by atoms with van der Waals surface area (Å²) in [4.78, 5) is 14.8. The third kappa shape index (κ3) is 14.5. The van der Waals surface area contributed by atoms with E-state index in [1.807, 2.05) is 0 Å². The molecule has 432 valence electrons. The van der Waals surface area contributed by atoms with E-state index in [2.05, 4.69) is 125 Å². The van der Waals surface area contributed by atoms with Gasteiger partial charge in [0, 0.05) is 64.6 Å². The summed E-state index contributed by atoms with van der Waals surface area (Å²) in [7, 11) is -4.29. The van der Waals surface area contributed by atoms with Crippen molar-refractivity contribution in [2.45, 2.75) is 304 Å². The fourth-order valence-corrected chi connectivity index (χ4v) is 18.3. The third-order valence-corrected chi connectivity index (χ3v) is 33.9. The monoisotopic (exact) mass is 1170 g/mol. The van der Waals surface area contributed by atoms with Gasteiger partial charge in [-0.2, -0.15) is 0 Å². The number of ether oxygens (including phenoxy) is 8. The zero-order valence-corrected chi connectivity index (χ0v) is 53.8. The van der Waals surface area contributed by atoms with Crippen LogP contribution in [0, 0.1) is 11.8 Å². The van der Waals surface area contributed by atoms with Gasteiger partial charge in [0.2, 0.25) is 0 Å². The van der Waals surface area contributed by atoms with Crippen LogP contribution >= 0.6 is 15.9 Å². The quantitative estimate of drug-likeness (QED) is 0.0475. The number of hydrogen-bond donors (Lipinski definition) is 1. The number of Topliss-reactive ketones (excluding diaryl/α,β-unsaturated/α-hetero) is 1. The largest absolute Gasteiger partial charge is 0.417 e. The van der Waals surface area contributed by atoms with E-state index >= 15 is 0 Å². The molecule has 8 rings (SSSR count). The molecule has 1 N–H and O–H groups in total. The molecule has 8 aliphatic heterocycles. The molecule has 75 heavy (non-hydrogen) atoms. The number of carbonyl (C=O) groups is 1. The van der Waals surface area contributed by atoms with Crippen molar-refractivity contribution in [3.8, 4) is 0 Å². The summed E-state index contributed by atoms with van der Waals surface area (Å²) in [6, 6.07) is 3.45. The molecule has 0 amide bonds. The second-order valence-electron chi connectivity index (χ2n) is 27.0. The molecule has 0 aromatic carbocycles. The van der Waals surface area contributed by atoms with E-state index in [-0.39, 0.29) is 108 Å². The van der Waals surface area contributed by atoms with Gasteiger partial charge in [-0.05, 0) is 109 Å². The zero-order chi connectivity index (χ0) is 55.1. The number of carbonyl (C=O) groups excluding carboxylic acids is 1. The molecule has 0 spiro atoms. The summed E-state index contributed by atoms with van der Waals surface area (Å²) in [5.41, 5.74) is 1.09. The van der Waals surface area contributed by atoms with Crippen molar-refractivity contribution in [3.63, 3.8) is 0 Å². The molecule has 8 saturated heterocycles. The number of rotatable bonds is 27. The van der Waals surface area contributed by atoms with E-state index in [9.17, 15) is 9.90 Å². The van der Waals surface area contributed by atoms with E-state index in [1.54, 1.807) is 7.11 Å². The molecule has 0 unspecified atom stereocenters. The molecule has 6 bridgehead atoms. The van der Waals surface area contributed by atoms with E-state index in [4.69, 9.17) is 51.2 Å². The summed E-state index contributed by atoms with van der Waals surface area (Å²) >= 11 is 3.40. The summed E-state index contributed by atoms with van der Waals surface area (Å²) in [6.45, 7) is 41.8. The van der Waals surface area contributed by atoms with Gasteiger partial charge in [-0.25, -0.2) is 0 Å². The highest BCUT2D eigenvalue weighted by molar-refractivity contribution is 9.11. The van der Waals surface area contributed by atoms with Crippen LogP contribution in [0.25, 0.3) is 0 Å². The molecular formula is C58H103BrO13Si3. The first-order valence-corrected chi connectivity index (χ1v) is 38.5. The van der Waals surface area contributed by atoms with Crippen molar-refractivity contribution in [2.75, 3.05) is 20.3 Å². The SMILES string of the molecule is C=C(Br)C[C@H](O)CC[C@@]12C[C@H]3O[C@@H]4[C@@H](O[C@H]5CC[C@H](CC(=O)C[C@@H]6[C@@H](OC)[C@@H](C[C@@H](CO[Si](C)(C)C(C)(C)C)O[Si](C)(C)C(C)(C)C)O[C@H]6C[C@H]6O[C@@H](CCCO[Si](CC)(CC)CC)C[C@@H](C)C6=C)O[C@@H]5[C@H]4O1)[C@H]3O2. The van der Waals surface area contributed by atoms with Crippen LogP contribution in [0.4, 0.5) is 0 Å². The van der Waals surface area contributed by atoms with Crippen LogP contribution in [0.3, 0.4) is 0 Å². The number of hydrogen-bond acceptors (Lipinski definition) is 13. The Morgan fingerprint density at radius 2 is 1.48 bits per heavy atom. The van der Waals surface area contributed by atoms with Crippen molar-refractivity contribution in [2.24, 2.45) is 11.8 Å². The van der Waals surface area contributed by atoms with Gasteiger partial charge in [0.05, 0.1) is 67.6 Å². The highest BCUT2D eigenvalue weighted by atomic mass is 79.9. The standard InChI is InChI=1S/C58H103BrO13Si3/c1-18-75(19-2,20-3)63-27-21-22-41-28-36(4)38(6)46(65-41)33-47-44(50(62-13)48(67-47)32-43(72-74(16,17)57(10,11)12)35-64-73(14,15)56(7,8)9)31-40(61)30-42-23-24-45-51(66-42)55-54-53(68-45)52-49(69-54)34-58(70-52,71-55)26-25-39(60)29-37(5)59/h36,39,41-55,60H,5-6,18-35H2,1-4,7-17H3/t36-,39-,41+,42-,43+,44+,45+,46-,47+,48-,49-,50-,51+,52+,53+,54-,55-,58+/m1/s1. The third-order valence-electron chi connectivity index (χ3n) is 19.8. The Hall–Kier alpha value is -0.199. The molecule has 8 aliphatic rings. The van der Waals surface area contributed by atoms with Crippen molar-refractivity contribution in [3.05, 3.63) is 23.2 Å². The predicted octanol–water partition coefficient (Wildman–Crippen LogP) is 12.5. The molecule has 0 aromatic heterocycles. The molecule has 13 nitrogen and oxygen atoms in total. The Kier molecular flexibility index (Phi) is 20.9. The molecule has 17 heteroatoms. The zero-order valence-electron chi connectivity index (χ0n) is 49.2. The molecule has 0 aliphatic carbocycles. The van der Waals surface area contributed by atoms with Gasteiger partial charge < -0.3 is 56.3 Å². The molecule has 0 radical (unpaired) electrons. The average Bonchev–Trinajstić information content (AvgIpc) is 3.89. The predicted molar refractivity (Wildman–Crippen MR) is 306 cm³/mol. The minimum atomic E-state index is -2.25. The first-order valence-electron chi connectivity index (χ1n) is 29.4. The Labute approximate surface area is 465 Å². The fraction of sp³-hybridized carbons (Fsp3) is 0.914. The Balaban J connectivity index is 1.08. The Morgan fingerprint density at radius 3 is 2.12 bits per heavy atom. The van der Waals surface area contributed by atoms with Crippen molar-refractivity contribution >= 4 is 46.7 Å². The average molecular weight is 1170 g/mol. The molecule has 8 fully saturated rings. The molecule has 8 heterocycles. The lowest BCUT2D eigenvalue weighted by Crippen LogP contribution is -2.61. The Bertz CT molecular complexity index is 1910. The summed E-state index contributed by atoms with van der Waals surface area (Å²) in [5.74, 6) is -0.724. The van der Waals surface area contributed by atoms with Gasteiger partial charge in [0.1, 0.15) is 36.3 Å². The summed E-state index contributed by atoms with van der Waals surface area (Å²) in [5, 5.41) is 10.8. The van der Waals surface area contributed by atoms with E-state index in [0.29, 0.717) is 57.5 Å². The number of ketones is 1. The van der Waals surface area contributed by atoms with Gasteiger partial charge in [-0.3, -0.25) is 4.79 Å². The lowest BCUT2D eigenvalue weighted by molar-refractivity contribution is -0.292. The molecule has 0 aromatic rings. The second-order valence-corrected chi connectivity index (χ2v) is 42.5. The Morgan fingerprint density at radius 1 is 0.827 bits per heavy atom. The van der Waals surface area contributed by atoms with Crippen LogP contribution in [0.1, 0.15) is 153 Å². The highest BCUT2D eigenvalue weighted by Crippen LogP contribution is 2.54. The lowest BCUT2D eigenvalue weighted by atomic mass is 9.81. The van der Waals surface area contributed by atoms with Gasteiger partial charge in [0.15, 0.2) is 30.7 Å². The first-order chi connectivity index (χ1) is 35.1. The summed E-state index contributed by atoms with van der Waals surface area (Å²) < 4.78 is 76.5. The van der Waals surface area contributed by atoms with E-state index in [0.717, 1.165) is 60.5 Å². The van der Waals surface area contributed by atoms with Crippen molar-refractivity contribution in [1.82, 2.24) is 0 Å². The van der Waals surface area contributed by atoms with Crippen LogP contribution in [0.15, 0.2) is 23.2 Å². The molecule has 18 atom stereocenters. The number of aliphatic hydroxyl groups is 1. The van der Waals surface area contributed by atoms with Gasteiger partial charge >= 0.3 is 0 Å². The topological polar surface area (TPSA) is 139 Å². The van der Waals surface area contributed by atoms with E-state index in [1.165, 1.54) is 0 Å².